The Morgan fingerprint density at radius 2 is 1.62 bits per heavy atom. The van der Waals surface area contributed by atoms with E-state index in [2.05, 4.69) is 55.4 Å². The number of carbonyl (C=O) groups is 2. The fraction of sp³-hybridized carbons (Fsp3) is 0.370. The first-order chi connectivity index (χ1) is 16.2. The van der Waals surface area contributed by atoms with Crippen LogP contribution in [0.1, 0.15) is 72.9 Å². The van der Waals surface area contributed by atoms with Crippen molar-refractivity contribution in [1.82, 2.24) is 15.1 Å². The minimum Gasteiger partial charge on any atom is -0.314 e. The number of aryl methyl sites for hydroxylation is 2. The number of para-hydroxylation sites is 1. The van der Waals surface area contributed by atoms with Gasteiger partial charge in [0.2, 0.25) is 0 Å². The van der Waals surface area contributed by atoms with Crippen LogP contribution in [-0.2, 0) is 31.3 Å². The van der Waals surface area contributed by atoms with E-state index in [-0.39, 0.29) is 17.4 Å². The highest BCUT2D eigenvalue weighted by Crippen LogP contribution is 2.30. The Morgan fingerprint density at radius 1 is 0.971 bits per heavy atom. The molecule has 1 aromatic heterocycles. The second-order valence-corrected chi connectivity index (χ2v) is 9.76. The number of anilines is 2. The van der Waals surface area contributed by atoms with Crippen LogP contribution in [-0.4, -0.2) is 27.0 Å². The van der Waals surface area contributed by atoms with Gasteiger partial charge in [0.1, 0.15) is 0 Å². The van der Waals surface area contributed by atoms with Gasteiger partial charge in [0.25, 0.3) is 5.91 Å². The van der Waals surface area contributed by atoms with Gasteiger partial charge in [-0.1, -0.05) is 65.0 Å². The van der Waals surface area contributed by atoms with Gasteiger partial charge >= 0.3 is 6.03 Å². The summed E-state index contributed by atoms with van der Waals surface area (Å²) in [7, 11) is 0. The molecule has 4 rings (SSSR count). The van der Waals surface area contributed by atoms with E-state index in [0.717, 1.165) is 40.9 Å². The lowest BCUT2D eigenvalue weighted by atomic mass is 9.87. The Bertz CT molecular complexity index is 1180. The van der Waals surface area contributed by atoms with E-state index in [9.17, 15) is 9.59 Å². The van der Waals surface area contributed by atoms with E-state index in [1.165, 1.54) is 5.56 Å². The predicted octanol–water partition coefficient (Wildman–Crippen LogP) is 5.63. The van der Waals surface area contributed by atoms with Crippen molar-refractivity contribution in [2.45, 2.75) is 66.0 Å². The minimum atomic E-state index is -0.220. The smallest absolute Gasteiger partial charge is 0.314 e. The summed E-state index contributed by atoms with van der Waals surface area (Å²) in [5, 5.41) is 13.3. The van der Waals surface area contributed by atoms with Crippen molar-refractivity contribution in [3.8, 4) is 0 Å². The predicted molar refractivity (Wildman–Crippen MR) is 135 cm³/mol. The third-order valence-corrected chi connectivity index (χ3v) is 6.41. The van der Waals surface area contributed by atoms with Crippen LogP contribution in [0.2, 0.25) is 0 Å². The Balaban J connectivity index is 1.44. The number of hydrogen-bond donors (Lipinski definition) is 3. The molecule has 34 heavy (non-hydrogen) atoms. The summed E-state index contributed by atoms with van der Waals surface area (Å²) >= 11 is 0. The lowest BCUT2D eigenvalue weighted by molar-refractivity contribution is 0.102. The van der Waals surface area contributed by atoms with Gasteiger partial charge in [-0.05, 0) is 47.1 Å². The number of amides is 3. The van der Waals surface area contributed by atoms with Crippen molar-refractivity contribution in [1.29, 1.82) is 0 Å². The van der Waals surface area contributed by atoms with E-state index in [1.54, 1.807) is 4.90 Å². The van der Waals surface area contributed by atoms with Crippen LogP contribution in [0.5, 0.6) is 0 Å². The van der Waals surface area contributed by atoms with Gasteiger partial charge < -0.3 is 15.5 Å². The quantitative estimate of drug-likeness (QED) is 0.462. The van der Waals surface area contributed by atoms with Crippen molar-refractivity contribution in [2.24, 2.45) is 0 Å². The molecule has 0 saturated heterocycles. The molecule has 0 aliphatic carbocycles. The summed E-state index contributed by atoms with van der Waals surface area (Å²) in [6, 6.07) is 13.6. The summed E-state index contributed by atoms with van der Waals surface area (Å²) in [6.07, 6.45) is 1.69. The number of aromatic nitrogens is 2. The molecule has 1 aliphatic rings. The monoisotopic (exact) mass is 459 g/mol. The molecule has 178 valence electrons. The molecule has 7 heteroatoms. The summed E-state index contributed by atoms with van der Waals surface area (Å²) in [5.74, 6) is 0.250. The van der Waals surface area contributed by atoms with Gasteiger partial charge in [0.05, 0.1) is 18.8 Å². The van der Waals surface area contributed by atoms with Gasteiger partial charge in [0, 0.05) is 16.8 Å². The van der Waals surface area contributed by atoms with Crippen LogP contribution in [0.3, 0.4) is 0 Å². The van der Waals surface area contributed by atoms with Gasteiger partial charge in [0.15, 0.2) is 5.82 Å². The molecule has 0 saturated carbocycles. The zero-order valence-electron chi connectivity index (χ0n) is 20.6. The lowest BCUT2D eigenvalue weighted by Crippen LogP contribution is -2.31. The molecule has 0 unspecified atom stereocenters. The first-order valence-electron chi connectivity index (χ1n) is 11.9. The van der Waals surface area contributed by atoms with Crippen LogP contribution in [0.25, 0.3) is 0 Å². The van der Waals surface area contributed by atoms with Gasteiger partial charge in [-0.2, -0.15) is 5.10 Å². The Labute approximate surface area is 200 Å². The average Bonchev–Trinajstić information content (AvgIpc) is 3.40. The number of nitrogens with one attached hydrogen (secondary N) is 3. The van der Waals surface area contributed by atoms with Crippen molar-refractivity contribution < 1.29 is 9.59 Å². The van der Waals surface area contributed by atoms with Crippen molar-refractivity contribution in [3.63, 3.8) is 0 Å². The molecule has 0 spiro atoms. The van der Waals surface area contributed by atoms with Crippen LogP contribution in [0.15, 0.2) is 42.5 Å². The second-order valence-electron chi connectivity index (χ2n) is 9.76. The van der Waals surface area contributed by atoms with Crippen molar-refractivity contribution in [3.05, 3.63) is 76.0 Å². The van der Waals surface area contributed by atoms with Crippen LogP contribution < -0.4 is 10.6 Å². The number of nitrogens with zero attached hydrogens (tertiary/aromatic N) is 2. The molecule has 1 aliphatic heterocycles. The van der Waals surface area contributed by atoms with Crippen LogP contribution in [0.4, 0.5) is 16.3 Å². The van der Waals surface area contributed by atoms with Gasteiger partial charge in [-0.15, -0.1) is 0 Å². The number of aromatic amines is 1. The van der Waals surface area contributed by atoms with E-state index < -0.39 is 0 Å². The molecular weight excluding hydrogens is 426 g/mol. The van der Waals surface area contributed by atoms with Gasteiger partial charge in [-0.3, -0.25) is 9.89 Å². The summed E-state index contributed by atoms with van der Waals surface area (Å²) in [4.78, 5) is 27.6. The summed E-state index contributed by atoms with van der Waals surface area (Å²) < 4.78 is 0. The molecule has 0 bridgehead atoms. The van der Waals surface area contributed by atoms with Crippen LogP contribution >= 0.6 is 0 Å². The number of rotatable bonds is 5. The van der Waals surface area contributed by atoms with E-state index >= 15 is 0 Å². The average molecular weight is 460 g/mol. The SMILES string of the molecule is CCc1cccc(CC)c1NC(=O)N1Cc2[nH]nc(NC(=O)c3ccc(C(C)(C)C)cc3)c2C1. The number of urea groups is 1. The highest BCUT2D eigenvalue weighted by Gasteiger charge is 2.29. The summed E-state index contributed by atoms with van der Waals surface area (Å²) in [6.45, 7) is 11.4. The highest BCUT2D eigenvalue weighted by molar-refractivity contribution is 6.04. The maximum absolute atomic E-state index is 13.1. The molecule has 2 heterocycles. The molecule has 3 aromatic rings. The van der Waals surface area contributed by atoms with E-state index in [1.807, 2.05) is 42.5 Å². The molecule has 2 aromatic carbocycles. The molecule has 7 nitrogen and oxygen atoms in total. The largest absolute Gasteiger partial charge is 0.322 e. The molecule has 0 fully saturated rings. The van der Waals surface area contributed by atoms with E-state index in [4.69, 9.17) is 0 Å². The molecular formula is C27H33N5O2. The Kier molecular flexibility index (Phi) is 6.46. The first-order valence-corrected chi connectivity index (χ1v) is 11.9. The maximum atomic E-state index is 13.1. The molecule has 0 radical (unpaired) electrons. The first kappa shape index (κ1) is 23.5. The van der Waals surface area contributed by atoms with Crippen molar-refractivity contribution >= 4 is 23.4 Å². The fourth-order valence-electron chi connectivity index (χ4n) is 4.28. The number of fused-ring (bicyclic) bond motifs is 1. The van der Waals surface area contributed by atoms with Crippen LogP contribution in [0, 0.1) is 0 Å². The summed E-state index contributed by atoms with van der Waals surface area (Å²) in [5.41, 5.74) is 6.59. The zero-order chi connectivity index (χ0) is 24.5. The Morgan fingerprint density at radius 3 is 2.21 bits per heavy atom. The number of benzene rings is 2. The highest BCUT2D eigenvalue weighted by atomic mass is 16.2. The third kappa shape index (κ3) is 4.69. The maximum Gasteiger partial charge on any atom is 0.322 e. The third-order valence-electron chi connectivity index (χ3n) is 6.41. The van der Waals surface area contributed by atoms with Crippen molar-refractivity contribution in [2.75, 3.05) is 10.6 Å². The molecule has 3 amide bonds. The normalized spacial score (nSPS) is 13.0. The number of hydrogen-bond acceptors (Lipinski definition) is 3. The topological polar surface area (TPSA) is 90.1 Å². The standard InChI is InChI=1S/C27H33N5O2/c1-6-17-9-8-10-18(7-2)23(17)28-26(34)32-15-21-22(16-32)30-31-24(21)29-25(33)19-11-13-20(14-12-19)27(3,4)5/h8-14H,6-7,15-16H2,1-5H3,(H,28,34)(H2,29,30,31,33). The minimum absolute atomic E-state index is 0.0254. The van der Waals surface area contributed by atoms with E-state index in [0.29, 0.717) is 24.5 Å². The lowest BCUT2D eigenvalue weighted by Gasteiger charge is -2.20. The number of H-pyrrole nitrogens is 1. The zero-order valence-corrected chi connectivity index (χ0v) is 20.6. The second kappa shape index (κ2) is 9.33. The molecule has 3 N–H and O–H groups in total. The fourth-order valence-corrected chi connectivity index (χ4v) is 4.28. The number of carbonyl (C=O) groups excluding carboxylic acids is 2. The molecule has 0 atom stereocenters. The van der Waals surface area contributed by atoms with Gasteiger partial charge in [-0.25, -0.2) is 4.79 Å². The Hall–Kier alpha value is -3.61.